The molecule has 0 aromatic heterocycles. The Kier molecular flexibility index (Phi) is 6.39. The van der Waals surface area contributed by atoms with Crippen LogP contribution in [-0.2, 0) is 4.57 Å². The Hall–Kier alpha value is -1.54. The average Bonchev–Trinajstić information content (AvgIpc) is 2.67. The molecule has 0 saturated heterocycles. The van der Waals surface area contributed by atoms with Gasteiger partial charge in [-0.3, -0.25) is 4.79 Å². The van der Waals surface area contributed by atoms with Crippen LogP contribution in [0.5, 0.6) is 0 Å². The van der Waals surface area contributed by atoms with Gasteiger partial charge >= 0.3 is 13.3 Å². The second-order valence-corrected chi connectivity index (χ2v) is 10.0. The van der Waals surface area contributed by atoms with E-state index in [-0.39, 0.29) is 21.4 Å². The van der Waals surface area contributed by atoms with Gasteiger partial charge < -0.3 is 0 Å². The molecule has 1 saturated carbocycles. The van der Waals surface area contributed by atoms with Gasteiger partial charge in [0.05, 0.1) is 21.2 Å². The molecule has 146 valence electrons. The normalized spacial score (nSPS) is 16.5. The van der Waals surface area contributed by atoms with E-state index in [0.717, 1.165) is 30.4 Å². The van der Waals surface area contributed by atoms with Crippen LogP contribution >= 0.6 is 31.0 Å². The second-order valence-electron chi connectivity index (χ2n) is 7.38. The number of aryl methyl sites for hydroxylation is 2. The third kappa shape index (κ3) is 3.68. The molecule has 1 fully saturated rings. The van der Waals surface area contributed by atoms with Crippen molar-refractivity contribution in [3.05, 3.63) is 68.7 Å². The molecular weight excluding hydrogens is 414 g/mol. The molecule has 1 atom stereocenters. The smallest absolute Gasteiger partial charge is 0.289 e. The summed E-state index contributed by atoms with van der Waals surface area (Å²) in [6, 6.07) is 10.4. The van der Waals surface area contributed by atoms with Gasteiger partial charge in [0.1, 0.15) is 0 Å². The van der Waals surface area contributed by atoms with Crippen LogP contribution in [0.2, 0.25) is 10.0 Å². The first-order chi connectivity index (χ1) is 13.3. The van der Waals surface area contributed by atoms with E-state index in [2.05, 4.69) is 0 Å². The van der Waals surface area contributed by atoms with Crippen LogP contribution in [0.4, 0.5) is 0 Å². The summed E-state index contributed by atoms with van der Waals surface area (Å²) in [5, 5.41) is -0.802. The minimum absolute atomic E-state index is 0.172. The molecule has 0 bridgehead atoms. The zero-order valence-electron chi connectivity index (χ0n) is 15.9. The Bertz CT molecular complexity index is 922. The maximum Gasteiger partial charge on any atom is 0.434 e. The summed E-state index contributed by atoms with van der Waals surface area (Å²) in [6.07, 6.45) is 3.24. The van der Waals surface area contributed by atoms with Crippen LogP contribution in [0, 0.1) is 13.8 Å². The third-order valence-electron chi connectivity index (χ3n) is 5.56. The van der Waals surface area contributed by atoms with Crippen molar-refractivity contribution < 1.29 is 14.2 Å². The molecule has 6 heteroatoms. The largest absolute Gasteiger partial charge is 0.434 e. The third-order valence-corrected chi connectivity index (χ3v) is 8.21. The summed E-state index contributed by atoms with van der Waals surface area (Å²) in [4.78, 5) is 26.9. The minimum Gasteiger partial charge on any atom is -0.289 e. The van der Waals surface area contributed by atoms with Gasteiger partial charge in [0.15, 0.2) is 0 Å². The van der Waals surface area contributed by atoms with Crippen molar-refractivity contribution in [3.8, 4) is 0 Å². The number of benzene rings is 2. The molecule has 1 aliphatic carbocycles. The Morgan fingerprint density at radius 3 is 1.89 bits per heavy atom. The Morgan fingerprint density at radius 2 is 1.36 bits per heavy atom. The van der Waals surface area contributed by atoms with E-state index < -0.39 is 18.5 Å². The van der Waals surface area contributed by atoms with Crippen LogP contribution in [0.1, 0.15) is 63.9 Å². The van der Waals surface area contributed by atoms with Crippen molar-refractivity contribution in [1.82, 2.24) is 0 Å². The van der Waals surface area contributed by atoms with Crippen molar-refractivity contribution in [1.29, 1.82) is 0 Å². The molecule has 1 aliphatic rings. The van der Waals surface area contributed by atoms with E-state index in [1.54, 1.807) is 18.2 Å². The van der Waals surface area contributed by atoms with E-state index >= 15 is 0 Å². The van der Waals surface area contributed by atoms with Gasteiger partial charge in [-0.15, -0.1) is 0 Å². The van der Waals surface area contributed by atoms with Gasteiger partial charge in [0, 0.05) is 12.8 Å². The van der Waals surface area contributed by atoms with Gasteiger partial charge in [-0.1, -0.05) is 58.5 Å². The lowest BCUT2D eigenvalue weighted by Gasteiger charge is -2.27. The maximum absolute atomic E-state index is 13.7. The van der Waals surface area contributed by atoms with E-state index in [1.165, 1.54) is 0 Å². The maximum atomic E-state index is 13.7. The van der Waals surface area contributed by atoms with Crippen LogP contribution in [0.15, 0.2) is 36.4 Å². The zero-order valence-corrected chi connectivity index (χ0v) is 18.3. The molecule has 1 unspecified atom stereocenters. The number of rotatable bonds is 5. The zero-order chi connectivity index (χ0) is 20.5. The molecule has 0 radical (unpaired) electrons. The van der Waals surface area contributed by atoms with Crippen molar-refractivity contribution in [2.24, 2.45) is 0 Å². The van der Waals surface area contributed by atoms with Gasteiger partial charge in [0.2, 0.25) is 10.9 Å². The fourth-order valence-electron chi connectivity index (χ4n) is 4.05. The molecule has 2 aromatic rings. The molecule has 0 aliphatic heterocycles. The van der Waals surface area contributed by atoms with Crippen molar-refractivity contribution in [3.63, 3.8) is 0 Å². The highest BCUT2D eigenvalue weighted by molar-refractivity contribution is 7.67. The van der Waals surface area contributed by atoms with Crippen LogP contribution in [0.25, 0.3) is 0 Å². The molecule has 3 rings (SSSR count). The van der Waals surface area contributed by atoms with E-state index in [1.807, 2.05) is 32.0 Å². The summed E-state index contributed by atoms with van der Waals surface area (Å²) < 4.78 is 13.7. The number of halogens is 2. The van der Waals surface area contributed by atoms with Gasteiger partial charge in [-0.2, -0.15) is 0 Å². The number of carbonyl (C=O) groups is 2. The first-order valence-electron chi connectivity index (χ1n) is 9.36. The van der Waals surface area contributed by atoms with Crippen molar-refractivity contribution in [2.75, 3.05) is 0 Å². The first-order valence-corrected chi connectivity index (χ1v) is 11.4. The van der Waals surface area contributed by atoms with E-state index in [9.17, 15) is 14.2 Å². The van der Waals surface area contributed by atoms with Crippen LogP contribution < -0.4 is 0 Å². The molecule has 28 heavy (non-hydrogen) atoms. The highest BCUT2D eigenvalue weighted by atomic mass is 35.5. The molecule has 2 aromatic carbocycles. The molecule has 0 N–H and O–H groups in total. The van der Waals surface area contributed by atoms with E-state index in [0.29, 0.717) is 18.4 Å². The SMILES string of the molecule is Cc1cccc(C)c1C(=O)[P+](=O)C1(C(=O)c2c(Cl)cccc2Cl)CCCCC1. The molecule has 0 spiro atoms. The lowest BCUT2D eigenvalue weighted by atomic mass is 9.82. The van der Waals surface area contributed by atoms with Gasteiger partial charge in [-0.25, -0.2) is 4.79 Å². The predicted molar refractivity (Wildman–Crippen MR) is 114 cm³/mol. The summed E-state index contributed by atoms with van der Waals surface area (Å²) in [5.74, 6) is -0.372. The number of carbonyl (C=O) groups excluding carboxylic acids is 2. The topological polar surface area (TPSA) is 51.2 Å². The van der Waals surface area contributed by atoms with Crippen LogP contribution in [-0.4, -0.2) is 16.5 Å². The summed E-state index contributed by atoms with van der Waals surface area (Å²) in [5.41, 5.74) is 1.70. The quantitative estimate of drug-likeness (QED) is 0.369. The second kappa shape index (κ2) is 8.45. The highest BCUT2D eigenvalue weighted by Crippen LogP contribution is 2.54. The molecule has 0 amide bonds. The standard InChI is InChI=1S/C22H22Cl2O3P/c1-14-8-6-9-15(2)18(14)21(26)28(27)22(12-4-3-5-13-22)20(25)19-16(23)10-7-11-17(19)24/h6-11H,3-5,12-13H2,1-2H3/q+1. The van der Waals surface area contributed by atoms with E-state index in [4.69, 9.17) is 23.2 Å². The number of hydrogen-bond acceptors (Lipinski definition) is 3. The minimum atomic E-state index is -2.50. The highest BCUT2D eigenvalue weighted by Gasteiger charge is 2.60. The number of hydrogen-bond donors (Lipinski definition) is 0. The lowest BCUT2D eigenvalue weighted by molar-refractivity contribution is 0.0903. The van der Waals surface area contributed by atoms with Gasteiger partial charge in [-0.05, 0) is 49.9 Å². The Morgan fingerprint density at radius 1 is 0.857 bits per heavy atom. The van der Waals surface area contributed by atoms with Crippen LogP contribution in [0.3, 0.4) is 0 Å². The first kappa shape index (κ1) is 21.2. The fourth-order valence-corrected chi connectivity index (χ4v) is 6.59. The van der Waals surface area contributed by atoms with Crippen molar-refractivity contribution >= 4 is 42.3 Å². The lowest BCUT2D eigenvalue weighted by Crippen LogP contribution is -2.39. The number of Topliss-reactive ketones (excluding diaryl/α,β-unsaturated/α-hetero) is 1. The summed E-state index contributed by atoms with van der Waals surface area (Å²) in [6.45, 7) is 3.65. The molecular formula is C22H22Cl2O3P+. The molecule has 0 heterocycles. The average molecular weight is 436 g/mol. The summed E-state index contributed by atoms with van der Waals surface area (Å²) >= 11 is 12.5. The monoisotopic (exact) mass is 435 g/mol. The Labute approximate surface area is 176 Å². The fraction of sp³-hybridized carbons (Fsp3) is 0.364. The molecule has 3 nitrogen and oxygen atoms in total. The van der Waals surface area contributed by atoms with Crippen molar-refractivity contribution in [2.45, 2.75) is 51.1 Å². The number of ketones is 1. The predicted octanol–water partition coefficient (Wildman–Crippen LogP) is 7.16. The summed E-state index contributed by atoms with van der Waals surface area (Å²) in [7, 11) is -2.50. The Balaban J connectivity index is 2.11. The van der Waals surface area contributed by atoms with Gasteiger partial charge in [0.25, 0.3) is 0 Å².